The quantitative estimate of drug-likeness (QED) is 0.587. The molecule has 1 aliphatic rings. The molecule has 0 aliphatic carbocycles. The molecule has 1 fully saturated rings. The van der Waals surface area contributed by atoms with Gasteiger partial charge in [0.1, 0.15) is 5.54 Å². The second-order valence-corrected chi connectivity index (χ2v) is 4.81. The lowest BCUT2D eigenvalue weighted by atomic mass is 9.90. The van der Waals surface area contributed by atoms with E-state index in [0.29, 0.717) is 32.6 Å². The Balaban J connectivity index is 2.54. The maximum atomic E-state index is 12.0. The molecule has 1 saturated heterocycles. The number of amides is 2. The number of nitrogens with one attached hydrogen (secondary N) is 2. The minimum Gasteiger partial charge on any atom is -0.480 e. The van der Waals surface area contributed by atoms with E-state index in [4.69, 9.17) is 4.74 Å². The van der Waals surface area contributed by atoms with Gasteiger partial charge in [0.05, 0.1) is 0 Å². The summed E-state index contributed by atoms with van der Waals surface area (Å²) in [6, 6.07) is -0.347. The van der Waals surface area contributed by atoms with Crippen LogP contribution in [0.2, 0.25) is 0 Å². The number of carboxylic acids is 1. The Morgan fingerprint density at radius 1 is 1.37 bits per heavy atom. The Morgan fingerprint density at radius 3 is 2.53 bits per heavy atom. The SMILES string of the molecule is CNCCCN(C)C(=O)NC1(C(=O)O)CCOCC1. The Kier molecular flexibility index (Phi) is 6.04. The summed E-state index contributed by atoms with van der Waals surface area (Å²) in [4.78, 5) is 24.9. The van der Waals surface area contributed by atoms with Gasteiger partial charge in [-0.05, 0) is 20.0 Å². The standard InChI is InChI=1S/C12H23N3O4/c1-13-6-3-7-15(2)11(18)14-12(10(16)17)4-8-19-9-5-12/h13H,3-9H2,1-2H3,(H,14,18)(H,16,17). The Bertz CT molecular complexity index is 316. The number of rotatable bonds is 6. The Morgan fingerprint density at radius 2 is 2.00 bits per heavy atom. The summed E-state index contributed by atoms with van der Waals surface area (Å²) >= 11 is 0. The van der Waals surface area contributed by atoms with Gasteiger partial charge in [-0.1, -0.05) is 0 Å². The van der Waals surface area contributed by atoms with Crippen molar-refractivity contribution in [3.63, 3.8) is 0 Å². The van der Waals surface area contributed by atoms with Crippen LogP contribution in [0.25, 0.3) is 0 Å². The minimum atomic E-state index is -1.19. The molecule has 1 rings (SSSR count). The van der Waals surface area contributed by atoms with Gasteiger partial charge >= 0.3 is 12.0 Å². The fourth-order valence-corrected chi connectivity index (χ4v) is 2.01. The number of carbonyl (C=O) groups is 2. The minimum absolute atomic E-state index is 0.304. The van der Waals surface area contributed by atoms with Crippen molar-refractivity contribution in [1.82, 2.24) is 15.5 Å². The van der Waals surface area contributed by atoms with Gasteiger partial charge in [-0.2, -0.15) is 0 Å². The largest absolute Gasteiger partial charge is 0.480 e. The molecule has 3 N–H and O–H groups in total. The van der Waals surface area contributed by atoms with E-state index >= 15 is 0 Å². The molecular weight excluding hydrogens is 250 g/mol. The van der Waals surface area contributed by atoms with Crippen LogP contribution in [-0.2, 0) is 9.53 Å². The zero-order chi connectivity index (χ0) is 14.3. The summed E-state index contributed by atoms with van der Waals surface area (Å²) in [5.74, 6) is -0.993. The second kappa shape index (κ2) is 7.30. The zero-order valence-corrected chi connectivity index (χ0v) is 11.6. The van der Waals surface area contributed by atoms with Crippen molar-refractivity contribution in [2.45, 2.75) is 24.8 Å². The van der Waals surface area contributed by atoms with Crippen LogP contribution in [0.15, 0.2) is 0 Å². The van der Waals surface area contributed by atoms with Crippen LogP contribution in [0, 0.1) is 0 Å². The number of carboxylic acid groups (broad SMARTS) is 1. The maximum Gasteiger partial charge on any atom is 0.329 e. The molecule has 0 bridgehead atoms. The number of nitrogens with zero attached hydrogens (tertiary/aromatic N) is 1. The van der Waals surface area contributed by atoms with Crippen LogP contribution in [0.5, 0.6) is 0 Å². The average molecular weight is 273 g/mol. The zero-order valence-electron chi connectivity index (χ0n) is 11.6. The summed E-state index contributed by atoms with van der Waals surface area (Å²) in [6.45, 7) is 2.11. The molecule has 7 nitrogen and oxygen atoms in total. The van der Waals surface area contributed by atoms with Gasteiger partial charge in [0.15, 0.2) is 0 Å². The van der Waals surface area contributed by atoms with E-state index in [0.717, 1.165) is 13.0 Å². The Hall–Kier alpha value is -1.34. The van der Waals surface area contributed by atoms with E-state index in [1.54, 1.807) is 7.05 Å². The van der Waals surface area contributed by atoms with Gasteiger partial charge in [0.25, 0.3) is 0 Å². The summed E-state index contributed by atoms with van der Waals surface area (Å²) in [6.07, 6.45) is 1.43. The topological polar surface area (TPSA) is 90.9 Å². The van der Waals surface area contributed by atoms with Crippen molar-refractivity contribution in [3.05, 3.63) is 0 Å². The molecular formula is C12H23N3O4. The molecule has 0 aromatic carbocycles. The highest BCUT2D eigenvalue weighted by atomic mass is 16.5. The molecule has 7 heteroatoms. The molecule has 2 amide bonds. The first-order valence-electron chi connectivity index (χ1n) is 6.51. The van der Waals surface area contributed by atoms with Crippen LogP contribution in [0.1, 0.15) is 19.3 Å². The van der Waals surface area contributed by atoms with Crippen LogP contribution in [0.3, 0.4) is 0 Å². The summed E-state index contributed by atoms with van der Waals surface area (Å²) < 4.78 is 5.16. The highest BCUT2D eigenvalue weighted by Crippen LogP contribution is 2.21. The number of hydrogen-bond acceptors (Lipinski definition) is 4. The third-order valence-corrected chi connectivity index (χ3v) is 3.37. The van der Waals surface area contributed by atoms with Crippen LogP contribution >= 0.6 is 0 Å². The molecule has 0 unspecified atom stereocenters. The van der Waals surface area contributed by atoms with E-state index < -0.39 is 11.5 Å². The lowest BCUT2D eigenvalue weighted by Crippen LogP contribution is -2.59. The first-order chi connectivity index (χ1) is 9.02. The van der Waals surface area contributed by atoms with Crippen molar-refractivity contribution in [1.29, 1.82) is 0 Å². The van der Waals surface area contributed by atoms with Crippen molar-refractivity contribution < 1.29 is 19.4 Å². The van der Waals surface area contributed by atoms with Crippen molar-refractivity contribution >= 4 is 12.0 Å². The van der Waals surface area contributed by atoms with E-state index in [2.05, 4.69) is 10.6 Å². The molecule has 1 heterocycles. The van der Waals surface area contributed by atoms with E-state index in [9.17, 15) is 14.7 Å². The predicted octanol–water partition coefficient (Wildman–Crippen LogP) is -0.129. The summed E-state index contributed by atoms with van der Waals surface area (Å²) in [7, 11) is 3.52. The molecule has 0 atom stereocenters. The molecule has 110 valence electrons. The first-order valence-corrected chi connectivity index (χ1v) is 6.51. The Labute approximate surface area is 113 Å². The van der Waals surface area contributed by atoms with E-state index in [1.165, 1.54) is 4.90 Å². The maximum absolute atomic E-state index is 12.0. The van der Waals surface area contributed by atoms with Gasteiger partial charge in [0, 0.05) is 39.6 Å². The predicted molar refractivity (Wildman–Crippen MR) is 70.1 cm³/mol. The molecule has 0 aromatic rings. The number of hydrogen-bond donors (Lipinski definition) is 3. The van der Waals surface area contributed by atoms with Crippen molar-refractivity contribution in [2.75, 3.05) is 40.4 Å². The number of carbonyl (C=O) groups excluding carboxylic acids is 1. The smallest absolute Gasteiger partial charge is 0.329 e. The molecule has 0 radical (unpaired) electrons. The van der Waals surface area contributed by atoms with Crippen molar-refractivity contribution in [2.24, 2.45) is 0 Å². The number of urea groups is 1. The second-order valence-electron chi connectivity index (χ2n) is 4.81. The first kappa shape index (κ1) is 15.7. The van der Waals surface area contributed by atoms with Crippen LogP contribution in [0.4, 0.5) is 4.79 Å². The average Bonchev–Trinajstić information content (AvgIpc) is 2.39. The van der Waals surface area contributed by atoms with Gasteiger partial charge in [-0.3, -0.25) is 0 Å². The highest BCUT2D eigenvalue weighted by Gasteiger charge is 2.42. The summed E-state index contributed by atoms with van der Waals surface area (Å²) in [5, 5.41) is 15.0. The molecule has 0 spiro atoms. The fourth-order valence-electron chi connectivity index (χ4n) is 2.01. The third kappa shape index (κ3) is 4.36. The van der Waals surface area contributed by atoms with Gasteiger partial charge in [0.2, 0.25) is 0 Å². The number of aliphatic carboxylic acids is 1. The van der Waals surface area contributed by atoms with Crippen molar-refractivity contribution in [3.8, 4) is 0 Å². The fraction of sp³-hybridized carbons (Fsp3) is 0.833. The molecule has 0 aromatic heterocycles. The number of ether oxygens (including phenoxy) is 1. The van der Waals surface area contributed by atoms with E-state index in [-0.39, 0.29) is 6.03 Å². The summed E-state index contributed by atoms with van der Waals surface area (Å²) in [5.41, 5.74) is -1.19. The lowest BCUT2D eigenvalue weighted by molar-refractivity contribution is -0.148. The molecule has 0 saturated carbocycles. The van der Waals surface area contributed by atoms with Gasteiger partial charge in [-0.15, -0.1) is 0 Å². The normalized spacial score (nSPS) is 17.8. The molecule has 1 aliphatic heterocycles. The van der Waals surface area contributed by atoms with Gasteiger partial charge < -0.3 is 25.4 Å². The lowest BCUT2D eigenvalue weighted by Gasteiger charge is -2.35. The van der Waals surface area contributed by atoms with E-state index in [1.807, 2.05) is 7.05 Å². The van der Waals surface area contributed by atoms with Crippen LogP contribution < -0.4 is 10.6 Å². The van der Waals surface area contributed by atoms with Gasteiger partial charge in [-0.25, -0.2) is 9.59 Å². The monoisotopic (exact) mass is 273 g/mol. The third-order valence-electron chi connectivity index (χ3n) is 3.37. The molecule has 19 heavy (non-hydrogen) atoms. The van der Waals surface area contributed by atoms with Crippen LogP contribution in [-0.4, -0.2) is 67.9 Å². The highest BCUT2D eigenvalue weighted by molar-refractivity contribution is 5.86.